The van der Waals surface area contributed by atoms with Gasteiger partial charge in [-0.2, -0.15) is 0 Å². The van der Waals surface area contributed by atoms with Crippen LogP contribution in [0.15, 0.2) is 60.1 Å². The van der Waals surface area contributed by atoms with Crippen molar-refractivity contribution in [2.24, 2.45) is 11.5 Å². The van der Waals surface area contributed by atoms with Crippen LogP contribution in [0.3, 0.4) is 0 Å². The zero-order valence-electron chi connectivity index (χ0n) is 11.7. The van der Waals surface area contributed by atoms with Crippen LogP contribution in [0.1, 0.15) is 5.56 Å². The molecule has 112 valence electrons. The molecule has 0 saturated carbocycles. The van der Waals surface area contributed by atoms with Crippen LogP contribution in [0.25, 0.3) is 0 Å². The molecule has 0 aliphatic rings. The zero-order chi connectivity index (χ0) is 16.1. The Kier molecular flexibility index (Phi) is 4.38. The van der Waals surface area contributed by atoms with E-state index in [9.17, 15) is 4.79 Å². The molecule has 2 rings (SSSR count). The Balaban J connectivity index is 2.36. The molecule has 1 aromatic carbocycles. The van der Waals surface area contributed by atoms with Gasteiger partial charge in [-0.15, -0.1) is 0 Å². The van der Waals surface area contributed by atoms with E-state index in [1.165, 1.54) is 0 Å². The molecule has 0 atom stereocenters. The van der Waals surface area contributed by atoms with Crippen LogP contribution in [0, 0.1) is 5.41 Å². The molecule has 0 aliphatic heterocycles. The molecule has 8 N–H and O–H groups in total. The molecule has 0 radical (unpaired) electrons. The van der Waals surface area contributed by atoms with Gasteiger partial charge in [0.15, 0.2) is 0 Å². The number of benzene rings is 1. The van der Waals surface area contributed by atoms with Crippen LogP contribution in [0.5, 0.6) is 0 Å². The van der Waals surface area contributed by atoms with Crippen molar-refractivity contribution in [3.05, 3.63) is 65.6 Å². The molecule has 0 fully saturated rings. The number of hydrogen-bond donors (Lipinski definition) is 5. The summed E-state index contributed by atoms with van der Waals surface area (Å²) in [4.78, 5) is 15.7. The van der Waals surface area contributed by atoms with Crippen LogP contribution in [-0.2, 0) is 4.79 Å². The van der Waals surface area contributed by atoms with Gasteiger partial charge in [0.2, 0.25) is 0 Å². The first-order chi connectivity index (χ1) is 10.5. The number of nitrogens with one attached hydrogen (secondary N) is 2. The number of aromatic nitrogens is 1. The molecule has 0 unspecified atom stereocenters. The van der Waals surface area contributed by atoms with Crippen LogP contribution < -0.4 is 22.5 Å². The topological polar surface area (TPSA) is 144 Å². The van der Waals surface area contributed by atoms with Crippen molar-refractivity contribution in [2.45, 2.75) is 0 Å². The average molecular weight is 296 g/mol. The number of nitrogen functional groups attached to an aromatic ring is 1. The van der Waals surface area contributed by atoms with Gasteiger partial charge in [-0.05, 0) is 24.3 Å². The lowest BCUT2D eigenvalue weighted by Crippen LogP contribution is -2.28. The number of amides is 1. The summed E-state index contributed by atoms with van der Waals surface area (Å²) in [6.45, 7) is 0. The summed E-state index contributed by atoms with van der Waals surface area (Å²) in [5.74, 6) is -0.389. The number of pyridine rings is 1. The summed E-state index contributed by atoms with van der Waals surface area (Å²) in [5, 5.41) is 10.9. The third-order valence-corrected chi connectivity index (χ3v) is 2.89. The van der Waals surface area contributed by atoms with Gasteiger partial charge in [-0.25, -0.2) is 4.98 Å². The van der Waals surface area contributed by atoms with Crippen molar-refractivity contribution in [3.8, 4) is 0 Å². The molecule has 7 nitrogen and oxygen atoms in total. The van der Waals surface area contributed by atoms with Gasteiger partial charge in [0, 0.05) is 17.4 Å². The molecule has 2 aromatic rings. The number of hydrogen-bond acceptors (Lipinski definition) is 6. The minimum atomic E-state index is -0.803. The number of carbonyl (C=O) groups excluding carboxylic acids is 1. The number of nitrogens with zero attached hydrogens (tertiary/aromatic N) is 1. The molecule has 1 amide bonds. The number of carbonyl (C=O) groups is 1. The zero-order valence-corrected chi connectivity index (χ0v) is 11.7. The van der Waals surface area contributed by atoms with Crippen LogP contribution in [-0.4, -0.2) is 16.6 Å². The summed E-state index contributed by atoms with van der Waals surface area (Å²) in [6, 6.07) is 11.7. The lowest BCUT2D eigenvalue weighted by molar-refractivity contribution is -0.114. The molecular weight excluding hydrogens is 280 g/mol. The van der Waals surface area contributed by atoms with Gasteiger partial charge in [-0.1, -0.05) is 18.2 Å². The quantitative estimate of drug-likeness (QED) is 0.315. The van der Waals surface area contributed by atoms with E-state index in [1.54, 1.807) is 48.7 Å². The fourth-order valence-electron chi connectivity index (χ4n) is 1.82. The van der Waals surface area contributed by atoms with Gasteiger partial charge in [0.05, 0.1) is 5.71 Å². The van der Waals surface area contributed by atoms with E-state index >= 15 is 0 Å². The number of rotatable bonds is 5. The van der Waals surface area contributed by atoms with Crippen molar-refractivity contribution in [1.82, 2.24) is 4.98 Å². The summed E-state index contributed by atoms with van der Waals surface area (Å²) < 4.78 is 0. The minimum absolute atomic E-state index is 0.0342. The van der Waals surface area contributed by atoms with Crippen molar-refractivity contribution >= 4 is 23.1 Å². The Bertz CT molecular complexity index is 721. The highest BCUT2D eigenvalue weighted by molar-refractivity contribution is 6.27. The fourth-order valence-corrected chi connectivity index (χ4v) is 1.82. The predicted octanol–water partition coefficient (Wildman–Crippen LogP) is 0.799. The second-order valence-electron chi connectivity index (χ2n) is 4.49. The largest absolute Gasteiger partial charge is 0.399 e. The van der Waals surface area contributed by atoms with E-state index in [4.69, 9.17) is 22.6 Å². The average Bonchev–Trinajstić information content (AvgIpc) is 2.48. The molecule has 1 heterocycles. The van der Waals surface area contributed by atoms with E-state index in [2.05, 4.69) is 10.3 Å². The van der Waals surface area contributed by atoms with Crippen molar-refractivity contribution in [3.63, 3.8) is 0 Å². The third kappa shape index (κ3) is 3.40. The summed E-state index contributed by atoms with van der Waals surface area (Å²) in [6.07, 6.45) is 1.57. The normalized spacial score (nSPS) is 11.5. The molecule has 22 heavy (non-hydrogen) atoms. The highest BCUT2D eigenvalue weighted by Gasteiger charge is 2.18. The highest BCUT2D eigenvalue weighted by Crippen LogP contribution is 2.14. The number of anilines is 2. The monoisotopic (exact) mass is 296 g/mol. The first kappa shape index (κ1) is 15.0. The molecule has 0 saturated heterocycles. The second kappa shape index (κ2) is 6.40. The van der Waals surface area contributed by atoms with Gasteiger partial charge in [-0.3, -0.25) is 10.2 Å². The van der Waals surface area contributed by atoms with Crippen molar-refractivity contribution in [2.75, 3.05) is 11.1 Å². The Morgan fingerprint density at radius 3 is 2.32 bits per heavy atom. The van der Waals surface area contributed by atoms with Crippen molar-refractivity contribution < 1.29 is 4.79 Å². The molecule has 0 bridgehead atoms. The lowest BCUT2D eigenvalue weighted by Gasteiger charge is -2.12. The van der Waals surface area contributed by atoms with E-state index in [0.717, 1.165) is 0 Å². The fraction of sp³-hybridized carbons (Fsp3) is 0. The Morgan fingerprint density at radius 1 is 1.09 bits per heavy atom. The molecule has 7 heteroatoms. The molecule has 0 aliphatic carbocycles. The first-order valence-corrected chi connectivity index (χ1v) is 6.41. The van der Waals surface area contributed by atoms with Gasteiger partial charge in [0.1, 0.15) is 17.2 Å². The third-order valence-electron chi connectivity index (χ3n) is 2.89. The maximum absolute atomic E-state index is 11.7. The highest BCUT2D eigenvalue weighted by atomic mass is 16.1. The summed E-state index contributed by atoms with van der Waals surface area (Å²) in [7, 11) is 0. The Labute approximate surface area is 127 Å². The van der Waals surface area contributed by atoms with Crippen molar-refractivity contribution in [1.29, 1.82) is 5.41 Å². The SMILES string of the molecule is N=C(/C(C(N)=O)=C(\N)Nc1ccccn1)c1ccc(N)cc1. The van der Waals surface area contributed by atoms with Gasteiger partial charge >= 0.3 is 0 Å². The van der Waals surface area contributed by atoms with E-state index in [0.29, 0.717) is 17.1 Å². The standard InChI is InChI=1S/C15H16N6O/c16-10-6-4-9(5-7-10)13(17)12(15(19)22)14(18)21-11-3-1-2-8-20-11/h1-8,17H,16,18H2,(H2,19,22)(H,20,21)/b14-12-,17-13?. The van der Waals surface area contributed by atoms with Crippen LogP contribution in [0.2, 0.25) is 0 Å². The number of nitrogens with two attached hydrogens (primary N) is 3. The van der Waals surface area contributed by atoms with Gasteiger partial charge < -0.3 is 22.5 Å². The molecule has 0 spiro atoms. The Hall–Kier alpha value is -3.35. The molecular formula is C15H16N6O. The predicted molar refractivity (Wildman–Crippen MR) is 86.0 cm³/mol. The van der Waals surface area contributed by atoms with Crippen LogP contribution in [0.4, 0.5) is 11.5 Å². The maximum atomic E-state index is 11.7. The van der Waals surface area contributed by atoms with Gasteiger partial charge in [0.25, 0.3) is 5.91 Å². The minimum Gasteiger partial charge on any atom is -0.399 e. The maximum Gasteiger partial charge on any atom is 0.254 e. The van der Waals surface area contributed by atoms with E-state index in [1.807, 2.05) is 0 Å². The molecule has 1 aromatic heterocycles. The first-order valence-electron chi connectivity index (χ1n) is 6.41. The Morgan fingerprint density at radius 2 is 1.77 bits per heavy atom. The number of primary amides is 1. The van der Waals surface area contributed by atoms with E-state index < -0.39 is 5.91 Å². The van der Waals surface area contributed by atoms with E-state index in [-0.39, 0.29) is 17.1 Å². The lowest BCUT2D eigenvalue weighted by atomic mass is 10.0. The smallest absolute Gasteiger partial charge is 0.254 e. The second-order valence-corrected chi connectivity index (χ2v) is 4.49. The summed E-state index contributed by atoms with van der Waals surface area (Å²) >= 11 is 0. The summed E-state index contributed by atoms with van der Waals surface area (Å²) in [5.41, 5.74) is 17.7. The van der Waals surface area contributed by atoms with Crippen LogP contribution >= 0.6 is 0 Å².